The van der Waals surface area contributed by atoms with E-state index in [2.05, 4.69) is 10.0 Å². The molecular weight excluding hydrogens is 434 g/mol. The van der Waals surface area contributed by atoms with E-state index in [1.165, 1.54) is 37.4 Å². The van der Waals surface area contributed by atoms with Gasteiger partial charge in [-0.1, -0.05) is 18.2 Å². The van der Waals surface area contributed by atoms with Gasteiger partial charge in [0.1, 0.15) is 16.7 Å². The van der Waals surface area contributed by atoms with Gasteiger partial charge in [-0.2, -0.15) is 5.26 Å². The molecule has 0 saturated carbocycles. The van der Waals surface area contributed by atoms with E-state index in [4.69, 9.17) is 14.2 Å². The lowest BCUT2D eigenvalue weighted by molar-refractivity contribution is 0.102. The van der Waals surface area contributed by atoms with Crippen LogP contribution in [0, 0.1) is 11.3 Å². The van der Waals surface area contributed by atoms with E-state index in [-0.39, 0.29) is 34.3 Å². The molecule has 0 fully saturated rings. The van der Waals surface area contributed by atoms with E-state index >= 15 is 0 Å². The molecular formula is C22H17N3O6S. The number of amides is 1. The fourth-order valence-corrected chi connectivity index (χ4v) is 4.33. The van der Waals surface area contributed by atoms with Gasteiger partial charge in [0.05, 0.1) is 18.4 Å². The summed E-state index contributed by atoms with van der Waals surface area (Å²) in [4.78, 5) is 12.7. The number of para-hydroxylation sites is 1. The standard InChI is InChI=1S/C22H17N3O6S/c1-29-18-8-7-14(10-21(18)32(27,28)25-16-5-3-2-4-6-16)22(26)24-17-11-20-19(30-13-31-20)9-15(17)12-23/h2-11,25H,13H2,1H3,(H,24,26). The summed E-state index contributed by atoms with van der Waals surface area (Å²) < 4.78 is 44.1. The molecule has 32 heavy (non-hydrogen) atoms. The fourth-order valence-electron chi connectivity index (χ4n) is 3.08. The van der Waals surface area contributed by atoms with Crippen molar-refractivity contribution >= 4 is 27.3 Å². The first-order valence-corrected chi connectivity index (χ1v) is 10.8. The Hall–Kier alpha value is -4.23. The Kier molecular flexibility index (Phi) is 5.57. The van der Waals surface area contributed by atoms with Gasteiger partial charge in [-0.25, -0.2) is 8.42 Å². The third-order valence-corrected chi connectivity index (χ3v) is 6.03. The maximum Gasteiger partial charge on any atom is 0.265 e. The highest BCUT2D eigenvalue weighted by Crippen LogP contribution is 2.37. The lowest BCUT2D eigenvalue weighted by Crippen LogP contribution is -2.17. The first-order chi connectivity index (χ1) is 15.4. The number of carbonyl (C=O) groups excluding carboxylic acids is 1. The quantitative estimate of drug-likeness (QED) is 0.588. The molecule has 1 amide bonds. The van der Waals surface area contributed by atoms with Gasteiger partial charge >= 0.3 is 0 Å². The highest BCUT2D eigenvalue weighted by atomic mass is 32.2. The van der Waals surface area contributed by atoms with Gasteiger partial charge in [-0.05, 0) is 30.3 Å². The molecule has 2 N–H and O–H groups in total. The summed E-state index contributed by atoms with van der Waals surface area (Å²) in [7, 11) is -2.71. The summed E-state index contributed by atoms with van der Waals surface area (Å²) in [6.45, 7) is 0.0196. The average Bonchev–Trinajstić information content (AvgIpc) is 3.25. The molecule has 0 atom stereocenters. The zero-order valence-corrected chi connectivity index (χ0v) is 17.6. The van der Waals surface area contributed by atoms with Crippen LogP contribution in [0.25, 0.3) is 0 Å². The minimum absolute atomic E-state index is 0.0196. The molecule has 0 aliphatic carbocycles. The van der Waals surface area contributed by atoms with Crippen molar-refractivity contribution in [3.05, 3.63) is 71.8 Å². The third kappa shape index (κ3) is 4.14. The summed E-state index contributed by atoms with van der Waals surface area (Å²) >= 11 is 0. The molecule has 1 aliphatic heterocycles. The average molecular weight is 451 g/mol. The van der Waals surface area contributed by atoms with E-state index in [0.717, 1.165) is 0 Å². The highest BCUT2D eigenvalue weighted by Gasteiger charge is 2.23. The minimum Gasteiger partial charge on any atom is -0.495 e. The molecule has 0 saturated heterocycles. The van der Waals surface area contributed by atoms with Crippen molar-refractivity contribution in [2.45, 2.75) is 4.90 Å². The van der Waals surface area contributed by atoms with Crippen molar-refractivity contribution in [2.75, 3.05) is 23.9 Å². The number of nitrogens with zero attached hydrogens (tertiary/aromatic N) is 1. The minimum atomic E-state index is -4.05. The Balaban J connectivity index is 1.65. The molecule has 0 spiro atoms. The van der Waals surface area contributed by atoms with Crippen LogP contribution < -0.4 is 24.2 Å². The summed E-state index contributed by atoms with van der Waals surface area (Å²) in [5.74, 6) is 0.263. The number of anilines is 2. The van der Waals surface area contributed by atoms with Crippen molar-refractivity contribution in [2.24, 2.45) is 0 Å². The number of hydrogen-bond donors (Lipinski definition) is 2. The van der Waals surface area contributed by atoms with Crippen molar-refractivity contribution in [1.82, 2.24) is 0 Å². The van der Waals surface area contributed by atoms with Crippen LogP contribution in [0.4, 0.5) is 11.4 Å². The second-order valence-electron chi connectivity index (χ2n) is 6.65. The number of rotatable bonds is 6. The number of sulfonamides is 1. The number of benzene rings is 3. The number of hydrogen-bond acceptors (Lipinski definition) is 7. The molecule has 3 aromatic rings. The van der Waals surface area contributed by atoms with Gasteiger partial charge in [-0.3, -0.25) is 9.52 Å². The van der Waals surface area contributed by atoms with Crippen LogP contribution in [0.2, 0.25) is 0 Å². The molecule has 4 rings (SSSR count). The Bertz CT molecular complexity index is 1330. The maximum atomic E-state index is 12.9. The van der Waals surface area contributed by atoms with Crippen LogP contribution in [0.5, 0.6) is 17.2 Å². The van der Waals surface area contributed by atoms with Crippen molar-refractivity contribution in [3.63, 3.8) is 0 Å². The fraction of sp³-hybridized carbons (Fsp3) is 0.0909. The SMILES string of the molecule is COc1ccc(C(=O)Nc2cc3c(cc2C#N)OCO3)cc1S(=O)(=O)Nc1ccccc1. The Morgan fingerprint density at radius 3 is 2.47 bits per heavy atom. The predicted octanol–water partition coefficient (Wildman–Crippen LogP) is 3.35. The van der Waals surface area contributed by atoms with Crippen LogP contribution in [0.1, 0.15) is 15.9 Å². The van der Waals surface area contributed by atoms with E-state index in [1.807, 2.05) is 6.07 Å². The number of ether oxygens (including phenoxy) is 3. The largest absolute Gasteiger partial charge is 0.495 e. The van der Waals surface area contributed by atoms with Crippen LogP contribution in [-0.4, -0.2) is 28.2 Å². The third-order valence-electron chi connectivity index (χ3n) is 4.62. The molecule has 10 heteroatoms. The summed E-state index contributed by atoms with van der Waals surface area (Å²) in [6, 6.07) is 17.3. The van der Waals surface area contributed by atoms with Gasteiger partial charge in [0.25, 0.3) is 15.9 Å². The van der Waals surface area contributed by atoms with E-state index < -0.39 is 15.9 Å². The summed E-state index contributed by atoms with van der Waals surface area (Å²) in [5.41, 5.74) is 0.809. The smallest absolute Gasteiger partial charge is 0.265 e. The molecule has 162 valence electrons. The maximum absolute atomic E-state index is 12.9. The number of nitrogens with one attached hydrogen (secondary N) is 2. The van der Waals surface area contributed by atoms with Gasteiger partial charge in [0.15, 0.2) is 11.5 Å². The number of carbonyl (C=O) groups is 1. The van der Waals surface area contributed by atoms with Crippen molar-refractivity contribution in [1.29, 1.82) is 5.26 Å². The Morgan fingerprint density at radius 1 is 1.06 bits per heavy atom. The van der Waals surface area contributed by atoms with Crippen LogP contribution in [0.15, 0.2) is 65.6 Å². The zero-order chi connectivity index (χ0) is 22.7. The van der Waals surface area contributed by atoms with Crippen molar-refractivity contribution < 1.29 is 27.4 Å². The number of methoxy groups -OCH3 is 1. The lowest BCUT2D eigenvalue weighted by Gasteiger charge is -2.14. The molecule has 0 bridgehead atoms. The first-order valence-electron chi connectivity index (χ1n) is 9.32. The molecule has 3 aromatic carbocycles. The molecule has 0 unspecified atom stereocenters. The first kappa shape index (κ1) is 21.0. The molecule has 0 radical (unpaired) electrons. The van der Waals surface area contributed by atoms with E-state index in [9.17, 15) is 18.5 Å². The second-order valence-corrected chi connectivity index (χ2v) is 8.30. The molecule has 9 nitrogen and oxygen atoms in total. The Labute approximate surface area is 184 Å². The summed E-state index contributed by atoms with van der Waals surface area (Å²) in [6.07, 6.45) is 0. The molecule has 1 heterocycles. The Morgan fingerprint density at radius 2 is 1.78 bits per heavy atom. The normalized spacial score (nSPS) is 12.0. The van der Waals surface area contributed by atoms with Gasteiger partial charge in [0.2, 0.25) is 6.79 Å². The zero-order valence-electron chi connectivity index (χ0n) is 16.8. The molecule has 1 aliphatic rings. The number of fused-ring (bicyclic) bond motifs is 1. The molecule has 0 aromatic heterocycles. The van der Waals surface area contributed by atoms with Crippen LogP contribution in [0.3, 0.4) is 0 Å². The van der Waals surface area contributed by atoms with Crippen LogP contribution >= 0.6 is 0 Å². The lowest BCUT2D eigenvalue weighted by atomic mass is 10.1. The monoisotopic (exact) mass is 451 g/mol. The topological polar surface area (TPSA) is 127 Å². The van der Waals surface area contributed by atoms with Crippen molar-refractivity contribution in [3.8, 4) is 23.3 Å². The van der Waals surface area contributed by atoms with Crippen LogP contribution in [-0.2, 0) is 10.0 Å². The van der Waals surface area contributed by atoms with E-state index in [1.54, 1.807) is 30.3 Å². The predicted molar refractivity (Wildman–Crippen MR) is 115 cm³/mol. The van der Waals surface area contributed by atoms with E-state index in [0.29, 0.717) is 17.2 Å². The number of nitriles is 1. The van der Waals surface area contributed by atoms with Gasteiger partial charge in [-0.15, -0.1) is 0 Å². The highest BCUT2D eigenvalue weighted by molar-refractivity contribution is 7.92. The second kappa shape index (κ2) is 8.49. The summed E-state index contributed by atoms with van der Waals surface area (Å²) in [5, 5.41) is 12.0. The van der Waals surface area contributed by atoms with Gasteiger partial charge < -0.3 is 19.5 Å². The van der Waals surface area contributed by atoms with Gasteiger partial charge in [0, 0.05) is 23.4 Å².